The topological polar surface area (TPSA) is 41.5 Å². The predicted octanol–water partition coefficient (Wildman–Crippen LogP) is 7.54. The molecule has 0 aromatic heterocycles. The molecule has 2 aromatic carbocycles. The van der Waals surface area contributed by atoms with Crippen LogP contribution in [0.3, 0.4) is 0 Å². The van der Waals surface area contributed by atoms with Crippen molar-refractivity contribution in [2.24, 2.45) is 16.3 Å². The summed E-state index contributed by atoms with van der Waals surface area (Å²) in [4.78, 5) is 18.1. The van der Waals surface area contributed by atoms with Crippen molar-refractivity contribution in [1.82, 2.24) is 0 Å². The van der Waals surface area contributed by atoms with E-state index in [4.69, 9.17) is 51.4 Å². The third-order valence-corrected chi connectivity index (χ3v) is 6.55. The Morgan fingerprint density at radius 3 is 2.43 bits per heavy atom. The number of Topliss-reactive ketones (excluding diaryl/α,β-unsaturated/α-hetero) is 1. The van der Waals surface area contributed by atoms with E-state index >= 15 is 0 Å². The average Bonchev–Trinajstić information content (AvgIpc) is 2.71. The molecule has 0 amide bonds. The maximum atomic E-state index is 13.2. The monoisotopic (exact) mass is 454 g/mol. The number of halogens is 4. The molecule has 1 heterocycles. The molecule has 1 fully saturated rings. The maximum absolute atomic E-state index is 13.2. The Bertz CT molecular complexity index is 1020. The number of carbonyl (C=O) groups is 1. The van der Waals surface area contributed by atoms with Gasteiger partial charge >= 0.3 is 0 Å². The minimum Gasteiger partial charge on any atom is -0.375 e. The van der Waals surface area contributed by atoms with Crippen LogP contribution >= 0.6 is 46.4 Å². The van der Waals surface area contributed by atoms with Crippen molar-refractivity contribution in [3.05, 3.63) is 56.0 Å². The standard InChI is InChI=1S/C21H18Cl4N2O/c1-21(2)8-17-19(18(28)9-21)20(11-4-3-10(22)5-12(11)23)27-16-7-14(25)13(24)6-15(16)26-17/h3-7,19-20,27H,8-9H2,1-2H3. The van der Waals surface area contributed by atoms with Crippen LogP contribution in [0.2, 0.25) is 20.1 Å². The molecule has 1 saturated carbocycles. The Hall–Kier alpha value is -1.26. The van der Waals surface area contributed by atoms with E-state index in [2.05, 4.69) is 19.2 Å². The number of aliphatic imine (C=N–C) groups is 1. The van der Waals surface area contributed by atoms with Gasteiger partial charge in [0.25, 0.3) is 0 Å². The molecule has 7 heteroatoms. The summed E-state index contributed by atoms with van der Waals surface area (Å²) in [5.41, 5.74) is 2.88. The van der Waals surface area contributed by atoms with Crippen LogP contribution in [0, 0.1) is 11.3 Å². The van der Waals surface area contributed by atoms with Crippen molar-refractivity contribution >= 4 is 69.3 Å². The lowest BCUT2D eigenvalue weighted by Gasteiger charge is -2.37. The van der Waals surface area contributed by atoms with Crippen molar-refractivity contribution in [2.45, 2.75) is 32.7 Å². The van der Waals surface area contributed by atoms with Crippen LogP contribution < -0.4 is 5.32 Å². The van der Waals surface area contributed by atoms with Crippen LogP contribution in [0.15, 0.2) is 35.3 Å². The van der Waals surface area contributed by atoms with Gasteiger partial charge in [0.2, 0.25) is 0 Å². The highest BCUT2D eigenvalue weighted by Gasteiger charge is 2.44. The van der Waals surface area contributed by atoms with Crippen LogP contribution in [0.1, 0.15) is 38.3 Å². The Balaban J connectivity index is 1.92. The Kier molecular flexibility index (Phi) is 5.16. The second-order valence-corrected chi connectivity index (χ2v) is 9.79. The SMILES string of the molecule is CC1(C)CC(=O)C2C(=Nc3cc(Cl)c(Cl)cc3NC2c2ccc(Cl)cc2Cl)C1. The molecule has 0 bridgehead atoms. The van der Waals surface area contributed by atoms with Gasteiger partial charge in [-0.2, -0.15) is 0 Å². The van der Waals surface area contributed by atoms with Gasteiger partial charge in [0.05, 0.1) is 33.4 Å². The highest BCUT2D eigenvalue weighted by atomic mass is 35.5. The summed E-state index contributed by atoms with van der Waals surface area (Å²) in [6.07, 6.45) is 1.20. The van der Waals surface area contributed by atoms with Gasteiger partial charge in [-0.1, -0.05) is 66.3 Å². The lowest BCUT2D eigenvalue weighted by Crippen LogP contribution is -2.42. The van der Waals surface area contributed by atoms with Crippen molar-refractivity contribution in [2.75, 3.05) is 5.32 Å². The molecule has 2 unspecified atom stereocenters. The number of benzene rings is 2. The second-order valence-electron chi connectivity index (χ2n) is 8.14. The number of nitrogens with zero attached hydrogens (tertiary/aromatic N) is 1. The molecule has 3 nitrogen and oxygen atoms in total. The number of nitrogens with one attached hydrogen (secondary N) is 1. The van der Waals surface area contributed by atoms with Gasteiger partial charge in [0.1, 0.15) is 5.78 Å². The summed E-state index contributed by atoms with van der Waals surface area (Å²) in [7, 11) is 0. The van der Waals surface area contributed by atoms with Gasteiger partial charge < -0.3 is 5.32 Å². The van der Waals surface area contributed by atoms with E-state index in [0.717, 1.165) is 17.0 Å². The molecule has 2 aliphatic rings. The minimum atomic E-state index is -0.420. The smallest absolute Gasteiger partial charge is 0.144 e. The molecule has 1 N–H and O–H groups in total. The summed E-state index contributed by atoms with van der Waals surface area (Å²) < 4.78 is 0. The van der Waals surface area contributed by atoms with Crippen LogP contribution in [0.5, 0.6) is 0 Å². The van der Waals surface area contributed by atoms with Crippen molar-refractivity contribution in [1.29, 1.82) is 0 Å². The zero-order valence-corrected chi connectivity index (χ0v) is 18.3. The summed E-state index contributed by atoms with van der Waals surface area (Å²) >= 11 is 25.1. The summed E-state index contributed by atoms with van der Waals surface area (Å²) in [6.45, 7) is 4.17. The molecule has 4 rings (SSSR count). The van der Waals surface area contributed by atoms with Crippen LogP contribution in [-0.2, 0) is 4.79 Å². The Labute approximate surface area is 184 Å². The third kappa shape index (κ3) is 3.66. The molecule has 2 aromatic rings. The quantitative estimate of drug-likeness (QED) is 0.482. The van der Waals surface area contributed by atoms with E-state index in [1.165, 1.54) is 0 Å². The number of anilines is 1. The molecular weight excluding hydrogens is 438 g/mol. The molecule has 28 heavy (non-hydrogen) atoms. The van der Waals surface area contributed by atoms with E-state index < -0.39 is 5.92 Å². The molecule has 0 radical (unpaired) electrons. The van der Waals surface area contributed by atoms with E-state index in [-0.39, 0.29) is 17.2 Å². The highest BCUT2D eigenvalue weighted by molar-refractivity contribution is 6.42. The predicted molar refractivity (Wildman–Crippen MR) is 118 cm³/mol. The van der Waals surface area contributed by atoms with Gasteiger partial charge in [-0.05, 0) is 41.7 Å². The van der Waals surface area contributed by atoms with Gasteiger partial charge in [-0.15, -0.1) is 0 Å². The largest absolute Gasteiger partial charge is 0.375 e. The summed E-state index contributed by atoms with van der Waals surface area (Å²) in [6, 6.07) is 8.43. The first-order chi connectivity index (χ1) is 13.1. The molecule has 146 valence electrons. The van der Waals surface area contributed by atoms with Gasteiger partial charge in [-0.3, -0.25) is 9.79 Å². The number of hydrogen-bond acceptors (Lipinski definition) is 3. The summed E-state index contributed by atoms with van der Waals surface area (Å²) in [5, 5.41) is 5.35. The average molecular weight is 456 g/mol. The Morgan fingerprint density at radius 1 is 1.00 bits per heavy atom. The molecule has 0 saturated heterocycles. The molecular formula is C21H18Cl4N2O. The lowest BCUT2D eigenvalue weighted by molar-refractivity contribution is -0.124. The highest BCUT2D eigenvalue weighted by Crippen LogP contribution is 2.47. The van der Waals surface area contributed by atoms with Gasteiger partial charge in [-0.25, -0.2) is 0 Å². The van der Waals surface area contributed by atoms with Crippen LogP contribution in [0.25, 0.3) is 0 Å². The first-order valence-electron chi connectivity index (χ1n) is 8.95. The van der Waals surface area contributed by atoms with E-state index in [1.54, 1.807) is 24.3 Å². The molecule has 1 aliphatic carbocycles. The van der Waals surface area contributed by atoms with Crippen molar-refractivity contribution in [3.63, 3.8) is 0 Å². The number of rotatable bonds is 1. The first-order valence-corrected chi connectivity index (χ1v) is 10.5. The number of carbonyl (C=O) groups excluding carboxylic acids is 1. The normalized spacial score (nSPS) is 23.2. The number of hydrogen-bond donors (Lipinski definition) is 1. The number of ketones is 1. The molecule has 0 spiro atoms. The maximum Gasteiger partial charge on any atom is 0.144 e. The van der Waals surface area contributed by atoms with Gasteiger partial charge in [0, 0.05) is 22.2 Å². The fraction of sp³-hybridized carbons (Fsp3) is 0.333. The lowest BCUT2D eigenvalue weighted by atomic mass is 9.68. The van der Waals surface area contributed by atoms with Crippen molar-refractivity contribution < 1.29 is 4.79 Å². The van der Waals surface area contributed by atoms with E-state index in [1.807, 2.05) is 6.07 Å². The first kappa shape index (κ1) is 20.0. The molecule has 1 aliphatic heterocycles. The van der Waals surface area contributed by atoms with Crippen LogP contribution in [0.4, 0.5) is 11.4 Å². The minimum absolute atomic E-state index is 0.142. The second kappa shape index (κ2) is 7.21. The van der Waals surface area contributed by atoms with E-state index in [0.29, 0.717) is 38.6 Å². The molecule has 2 atom stereocenters. The fourth-order valence-electron chi connectivity index (χ4n) is 4.08. The zero-order valence-electron chi connectivity index (χ0n) is 15.3. The van der Waals surface area contributed by atoms with Gasteiger partial charge in [0.15, 0.2) is 0 Å². The van der Waals surface area contributed by atoms with Crippen molar-refractivity contribution in [3.8, 4) is 0 Å². The fourth-order valence-corrected chi connectivity index (χ4v) is 4.93. The Morgan fingerprint density at radius 2 is 1.71 bits per heavy atom. The zero-order chi connectivity index (χ0) is 20.2. The summed E-state index contributed by atoms with van der Waals surface area (Å²) in [5.74, 6) is -0.278. The van der Waals surface area contributed by atoms with Crippen LogP contribution in [-0.4, -0.2) is 11.5 Å². The van der Waals surface area contributed by atoms with E-state index in [9.17, 15) is 4.79 Å². The number of fused-ring (bicyclic) bond motifs is 2. The third-order valence-electron chi connectivity index (χ3n) is 5.26.